The molecule has 0 heterocycles. The molecule has 2 aromatic rings. The number of carbonyl (C=O) groups is 2. The van der Waals surface area contributed by atoms with Gasteiger partial charge < -0.3 is 19.5 Å². The quantitative estimate of drug-likeness (QED) is 0.691. The van der Waals surface area contributed by atoms with E-state index in [0.717, 1.165) is 5.56 Å². The average molecular weight is 392 g/mol. The van der Waals surface area contributed by atoms with E-state index in [4.69, 9.17) is 25.8 Å². The van der Waals surface area contributed by atoms with Crippen molar-refractivity contribution in [3.05, 3.63) is 53.1 Å². The van der Waals surface area contributed by atoms with Gasteiger partial charge in [0.25, 0.3) is 5.91 Å². The van der Waals surface area contributed by atoms with Crippen molar-refractivity contribution in [2.24, 2.45) is 0 Å². The van der Waals surface area contributed by atoms with Gasteiger partial charge >= 0.3 is 5.97 Å². The minimum absolute atomic E-state index is 0.138. The Hall–Kier alpha value is -2.73. The van der Waals surface area contributed by atoms with Crippen molar-refractivity contribution in [3.63, 3.8) is 0 Å². The molecule has 0 spiro atoms. The standard InChI is InChI=1S/C20H22ClNO5/c1-13(20(24)22-16-7-5-4-6-15(16)21)27-19(23)11-9-14-8-10-17(25-2)18(12-14)26-3/h4-8,10,12-13H,9,11H2,1-3H3,(H,22,24). The van der Waals surface area contributed by atoms with Crippen LogP contribution in [0.1, 0.15) is 18.9 Å². The number of rotatable bonds is 8. The summed E-state index contributed by atoms with van der Waals surface area (Å²) in [4.78, 5) is 24.2. The monoisotopic (exact) mass is 391 g/mol. The number of anilines is 1. The molecule has 0 bridgehead atoms. The third-order valence-electron chi connectivity index (χ3n) is 3.87. The number of hydrogen-bond acceptors (Lipinski definition) is 5. The van der Waals surface area contributed by atoms with Crippen LogP contribution in [0.2, 0.25) is 5.02 Å². The molecule has 0 saturated carbocycles. The maximum absolute atomic E-state index is 12.2. The zero-order valence-corrected chi connectivity index (χ0v) is 16.2. The van der Waals surface area contributed by atoms with Crippen LogP contribution in [-0.4, -0.2) is 32.2 Å². The molecule has 2 rings (SSSR count). The molecule has 1 N–H and O–H groups in total. The van der Waals surface area contributed by atoms with E-state index in [-0.39, 0.29) is 6.42 Å². The van der Waals surface area contributed by atoms with Crippen molar-refractivity contribution in [2.45, 2.75) is 25.9 Å². The van der Waals surface area contributed by atoms with Gasteiger partial charge in [0.05, 0.1) is 24.9 Å². The Kier molecular flexibility index (Phi) is 7.49. The summed E-state index contributed by atoms with van der Waals surface area (Å²) in [7, 11) is 3.11. The molecule has 0 fully saturated rings. The molecule has 7 heteroatoms. The topological polar surface area (TPSA) is 73.9 Å². The molecular formula is C20H22ClNO5. The minimum Gasteiger partial charge on any atom is -0.493 e. The van der Waals surface area contributed by atoms with E-state index in [2.05, 4.69) is 5.32 Å². The summed E-state index contributed by atoms with van der Waals surface area (Å²) < 4.78 is 15.6. The Morgan fingerprint density at radius 3 is 2.44 bits per heavy atom. The predicted octanol–water partition coefficient (Wildman–Crippen LogP) is 3.86. The molecule has 0 radical (unpaired) electrons. The number of ether oxygens (including phenoxy) is 3. The molecular weight excluding hydrogens is 370 g/mol. The van der Waals surface area contributed by atoms with E-state index < -0.39 is 18.0 Å². The summed E-state index contributed by atoms with van der Waals surface area (Å²) in [6.07, 6.45) is -0.337. The highest BCUT2D eigenvalue weighted by atomic mass is 35.5. The molecule has 144 valence electrons. The van der Waals surface area contributed by atoms with Gasteiger partial charge in [0.15, 0.2) is 17.6 Å². The Morgan fingerprint density at radius 2 is 1.78 bits per heavy atom. The fraction of sp³-hybridized carbons (Fsp3) is 0.300. The van der Waals surface area contributed by atoms with Crippen LogP contribution in [0.15, 0.2) is 42.5 Å². The summed E-state index contributed by atoms with van der Waals surface area (Å²) in [6, 6.07) is 12.3. The second-order valence-electron chi connectivity index (χ2n) is 5.79. The first-order chi connectivity index (χ1) is 12.9. The molecule has 0 aliphatic carbocycles. The van der Waals surface area contributed by atoms with Crippen molar-refractivity contribution in [3.8, 4) is 11.5 Å². The van der Waals surface area contributed by atoms with Gasteiger partial charge in [0.2, 0.25) is 0 Å². The number of methoxy groups -OCH3 is 2. The highest BCUT2D eigenvalue weighted by Gasteiger charge is 2.18. The lowest BCUT2D eigenvalue weighted by molar-refractivity contribution is -0.153. The average Bonchev–Trinajstić information content (AvgIpc) is 2.67. The molecule has 0 aliphatic rings. The molecule has 1 atom stereocenters. The lowest BCUT2D eigenvalue weighted by atomic mass is 10.1. The van der Waals surface area contributed by atoms with Gasteiger partial charge in [-0.2, -0.15) is 0 Å². The molecule has 0 aromatic heterocycles. The maximum atomic E-state index is 12.2. The number of esters is 1. The van der Waals surface area contributed by atoms with Crippen LogP contribution in [0.4, 0.5) is 5.69 Å². The third kappa shape index (κ3) is 5.89. The predicted molar refractivity (Wildman–Crippen MR) is 104 cm³/mol. The van der Waals surface area contributed by atoms with Crippen molar-refractivity contribution in [1.29, 1.82) is 0 Å². The lowest BCUT2D eigenvalue weighted by Crippen LogP contribution is -2.30. The molecule has 27 heavy (non-hydrogen) atoms. The van der Waals surface area contributed by atoms with Gasteiger partial charge in [-0.25, -0.2) is 0 Å². The first kappa shape index (κ1) is 20.6. The number of halogens is 1. The molecule has 0 saturated heterocycles. The Morgan fingerprint density at radius 1 is 1.07 bits per heavy atom. The van der Waals surface area contributed by atoms with Gasteiger partial charge in [-0.1, -0.05) is 29.8 Å². The first-order valence-corrected chi connectivity index (χ1v) is 8.78. The molecule has 6 nitrogen and oxygen atoms in total. The largest absolute Gasteiger partial charge is 0.493 e. The van der Waals surface area contributed by atoms with Crippen molar-refractivity contribution >= 4 is 29.2 Å². The summed E-state index contributed by atoms with van der Waals surface area (Å²) in [5, 5.41) is 3.05. The lowest BCUT2D eigenvalue weighted by Gasteiger charge is -2.14. The van der Waals surface area contributed by atoms with Crippen LogP contribution < -0.4 is 14.8 Å². The van der Waals surface area contributed by atoms with Crippen LogP contribution in [0.3, 0.4) is 0 Å². The SMILES string of the molecule is COc1ccc(CCC(=O)OC(C)C(=O)Nc2ccccc2Cl)cc1OC. The number of hydrogen-bond donors (Lipinski definition) is 1. The van der Waals surface area contributed by atoms with Crippen molar-refractivity contribution < 1.29 is 23.8 Å². The summed E-state index contributed by atoms with van der Waals surface area (Å²) in [5.41, 5.74) is 1.37. The normalized spacial score (nSPS) is 11.4. The first-order valence-electron chi connectivity index (χ1n) is 8.40. The fourth-order valence-electron chi connectivity index (χ4n) is 2.39. The third-order valence-corrected chi connectivity index (χ3v) is 4.20. The van der Waals surface area contributed by atoms with Crippen LogP contribution >= 0.6 is 11.6 Å². The second kappa shape index (κ2) is 9.83. The Balaban J connectivity index is 1.86. The van der Waals surface area contributed by atoms with Gasteiger partial charge in [-0.05, 0) is 43.2 Å². The molecule has 0 aliphatic heterocycles. The highest BCUT2D eigenvalue weighted by Crippen LogP contribution is 2.28. The number of benzene rings is 2. The number of nitrogens with one attached hydrogen (secondary N) is 1. The van der Waals surface area contributed by atoms with Crippen LogP contribution in [0, 0.1) is 0 Å². The van der Waals surface area contributed by atoms with Crippen LogP contribution in [0.5, 0.6) is 11.5 Å². The molecule has 2 aromatic carbocycles. The Labute approximate surface area is 163 Å². The van der Waals surface area contributed by atoms with E-state index in [1.165, 1.54) is 6.92 Å². The second-order valence-corrected chi connectivity index (χ2v) is 6.20. The van der Waals surface area contributed by atoms with Gasteiger partial charge in [-0.3, -0.25) is 9.59 Å². The van der Waals surface area contributed by atoms with Crippen molar-refractivity contribution in [1.82, 2.24) is 0 Å². The van der Waals surface area contributed by atoms with Gasteiger partial charge in [-0.15, -0.1) is 0 Å². The fourth-order valence-corrected chi connectivity index (χ4v) is 2.57. The number of aryl methyl sites for hydroxylation is 1. The van der Waals surface area contributed by atoms with Gasteiger partial charge in [0.1, 0.15) is 0 Å². The highest BCUT2D eigenvalue weighted by molar-refractivity contribution is 6.33. The van der Waals surface area contributed by atoms with Crippen LogP contribution in [0.25, 0.3) is 0 Å². The number of carbonyl (C=O) groups excluding carboxylic acids is 2. The van der Waals surface area contributed by atoms with E-state index >= 15 is 0 Å². The molecule has 1 amide bonds. The zero-order valence-electron chi connectivity index (χ0n) is 15.5. The van der Waals surface area contributed by atoms with Crippen LogP contribution in [-0.2, 0) is 20.7 Å². The van der Waals surface area contributed by atoms with E-state index in [9.17, 15) is 9.59 Å². The van der Waals surface area contributed by atoms with E-state index in [0.29, 0.717) is 28.6 Å². The smallest absolute Gasteiger partial charge is 0.306 e. The summed E-state index contributed by atoms with van der Waals surface area (Å²) >= 11 is 6.00. The summed E-state index contributed by atoms with van der Waals surface area (Å²) in [5.74, 6) is 0.304. The summed E-state index contributed by atoms with van der Waals surface area (Å²) in [6.45, 7) is 1.51. The maximum Gasteiger partial charge on any atom is 0.306 e. The Bertz CT molecular complexity index is 809. The minimum atomic E-state index is -0.931. The number of para-hydroxylation sites is 1. The number of amides is 1. The zero-order chi connectivity index (χ0) is 19.8. The van der Waals surface area contributed by atoms with E-state index in [1.807, 2.05) is 6.07 Å². The molecule has 1 unspecified atom stereocenters. The van der Waals surface area contributed by atoms with Gasteiger partial charge in [0, 0.05) is 6.42 Å². The van der Waals surface area contributed by atoms with Crippen molar-refractivity contribution in [2.75, 3.05) is 19.5 Å². The van der Waals surface area contributed by atoms with E-state index in [1.54, 1.807) is 50.6 Å².